The summed E-state index contributed by atoms with van der Waals surface area (Å²) in [6.45, 7) is 7.43. The van der Waals surface area contributed by atoms with Crippen molar-refractivity contribution < 1.29 is 14.3 Å². The van der Waals surface area contributed by atoms with Crippen LogP contribution in [-0.2, 0) is 4.74 Å². The third-order valence-corrected chi connectivity index (χ3v) is 4.36. The minimum Gasteiger partial charge on any atom is -0.444 e. The molecule has 0 spiro atoms. The van der Waals surface area contributed by atoms with Crippen molar-refractivity contribution in [3.63, 3.8) is 0 Å². The van der Waals surface area contributed by atoms with Gasteiger partial charge in [-0.2, -0.15) is 0 Å². The molecular formula is C19H24N2O3S. The van der Waals surface area contributed by atoms with Crippen LogP contribution >= 0.6 is 11.3 Å². The first-order valence-corrected chi connectivity index (χ1v) is 9.11. The van der Waals surface area contributed by atoms with Gasteiger partial charge in [-0.05, 0) is 56.8 Å². The number of rotatable bonds is 5. The molecule has 2 rings (SSSR count). The van der Waals surface area contributed by atoms with Gasteiger partial charge in [0.05, 0.1) is 6.04 Å². The minimum atomic E-state index is -0.575. The Labute approximate surface area is 152 Å². The quantitative estimate of drug-likeness (QED) is 0.790. The molecule has 0 aliphatic rings. The molecule has 1 atom stereocenters. The van der Waals surface area contributed by atoms with Crippen LogP contribution in [0.25, 0.3) is 0 Å². The van der Waals surface area contributed by atoms with Gasteiger partial charge in [0.15, 0.2) is 0 Å². The van der Waals surface area contributed by atoms with Gasteiger partial charge in [0.25, 0.3) is 5.91 Å². The molecule has 1 aromatic heterocycles. The largest absolute Gasteiger partial charge is 0.444 e. The van der Waals surface area contributed by atoms with Gasteiger partial charge in [0, 0.05) is 16.1 Å². The lowest BCUT2D eigenvalue weighted by Crippen LogP contribution is -2.28. The summed E-state index contributed by atoms with van der Waals surface area (Å²) in [5, 5.41) is 7.68. The lowest BCUT2D eigenvalue weighted by atomic mass is 10.1. The fraction of sp³-hybridized carbons (Fsp3) is 0.368. The Morgan fingerprint density at radius 2 is 1.96 bits per heavy atom. The van der Waals surface area contributed by atoms with Crippen LogP contribution in [0.1, 0.15) is 55.4 Å². The SMILES string of the molecule is CCC(NC(=O)c1cccc(NC(=O)OC(C)(C)C)c1)c1cccs1. The summed E-state index contributed by atoms with van der Waals surface area (Å²) in [4.78, 5) is 25.5. The first-order chi connectivity index (χ1) is 11.8. The van der Waals surface area contributed by atoms with Gasteiger partial charge in [-0.15, -0.1) is 11.3 Å². The van der Waals surface area contributed by atoms with Crippen LogP contribution in [-0.4, -0.2) is 17.6 Å². The van der Waals surface area contributed by atoms with E-state index in [-0.39, 0.29) is 11.9 Å². The molecule has 1 unspecified atom stereocenters. The van der Waals surface area contributed by atoms with E-state index in [1.807, 2.05) is 24.4 Å². The smallest absolute Gasteiger partial charge is 0.412 e. The van der Waals surface area contributed by atoms with Crippen molar-refractivity contribution in [1.29, 1.82) is 0 Å². The molecule has 0 saturated carbocycles. The standard InChI is InChI=1S/C19H24N2O3S/c1-5-15(16-10-7-11-25-16)21-17(22)13-8-6-9-14(12-13)20-18(23)24-19(2,3)4/h6-12,15H,5H2,1-4H3,(H,20,23)(H,21,22). The summed E-state index contributed by atoms with van der Waals surface area (Å²) in [6.07, 6.45) is 0.261. The van der Waals surface area contributed by atoms with E-state index in [9.17, 15) is 9.59 Å². The van der Waals surface area contributed by atoms with Crippen LogP contribution in [0.2, 0.25) is 0 Å². The topological polar surface area (TPSA) is 67.4 Å². The third kappa shape index (κ3) is 5.90. The third-order valence-electron chi connectivity index (χ3n) is 3.37. The predicted molar refractivity (Wildman–Crippen MR) is 101 cm³/mol. The number of thiophene rings is 1. The van der Waals surface area contributed by atoms with E-state index < -0.39 is 11.7 Å². The van der Waals surface area contributed by atoms with Gasteiger partial charge in [0.2, 0.25) is 0 Å². The molecule has 0 saturated heterocycles. The van der Waals surface area contributed by atoms with Crippen molar-refractivity contribution in [1.82, 2.24) is 5.32 Å². The number of hydrogen-bond donors (Lipinski definition) is 2. The Hall–Kier alpha value is -2.34. The Kier molecular flexibility index (Phi) is 6.20. The molecule has 0 bridgehead atoms. The van der Waals surface area contributed by atoms with Crippen LogP contribution in [0.15, 0.2) is 41.8 Å². The molecule has 0 aliphatic carbocycles. The molecule has 2 amide bonds. The summed E-state index contributed by atoms with van der Waals surface area (Å²) in [5.41, 5.74) is 0.434. The zero-order valence-electron chi connectivity index (χ0n) is 15.0. The Balaban J connectivity index is 2.04. The van der Waals surface area contributed by atoms with E-state index in [0.717, 1.165) is 11.3 Å². The first kappa shape index (κ1) is 19.0. The van der Waals surface area contributed by atoms with Gasteiger partial charge < -0.3 is 10.1 Å². The first-order valence-electron chi connectivity index (χ1n) is 8.23. The summed E-state index contributed by atoms with van der Waals surface area (Å²) >= 11 is 1.62. The Morgan fingerprint density at radius 3 is 2.56 bits per heavy atom. The number of anilines is 1. The summed E-state index contributed by atoms with van der Waals surface area (Å²) in [7, 11) is 0. The summed E-state index contributed by atoms with van der Waals surface area (Å²) < 4.78 is 5.22. The normalized spacial score (nSPS) is 12.3. The molecule has 1 aromatic carbocycles. The molecule has 2 aromatic rings. The Bertz CT molecular complexity index is 721. The molecule has 0 radical (unpaired) electrons. The number of nitrogens with one attached hydrogen (secondary N) is 2. The van der Waals surface area contributed by atoms with Crippen molar-refractivity contribution in [2.24, 2.45) is 0 Å². The molecule has 25 heavy (non-hydrogen) atoms. The highest BCUT2D eigenvalue weighted by Crippen LogP contribution is 2.22. The second-order valence-electron chi connectivity index (χ2n) is 6.66. The van der Waals surface area contributed by atoms with Crippen LogP contribution in [0, 0.1) is 0 Å². The fourth-order valence-corrected chi connectivity index (χ4v) is 3.13. The van der Waals surface area contributed by atoms with Crippen molar-refractivity contribution >= 4 is 29.0 Å². The number of hydrogen-bond acceptors (Lipinski definition) is 4. The van der Waals surface area contributed by atoms with Crippen molar-refractivity contribution in [2.45, 2.75) is 45.8 Å². The maximum atomic E-state index is 12.5. The van der Waals surface area contributed by atoms with Gasteiger partial charge >= 0.3 is 6.09 Å². The van der Waals surface area contributed by atoms with Crippen molar-refractivity contribution in [3.05, 3.63) is 52.2 Å². The highest BCUT2D eigenvalue weighted by atomic mass is 32.1. The number of carbonyl (C=O) groups is 2. The summed E-state index contributed by atoms with van der Waals surface area (Å²) in [5.74, 6) is -0.173. The van der Waals surface area contributed by atoms with E-state index >= 15 is 0 Å². The van der Waals surface area contributed by atoms with Gasteiger partial charge in [0.1, 0.15) is 5.60 Å². The molecule has 5 nitrogen and oxygen atoms in total. The molecule has 2 N–H and O–H groups in total. The number of amides is 2. The van der Waals surface area contributed by atoms with E-state index in [4.69, 9.17) is 4.74 Å². The molecule has 134 valence electrons. The molecule has 1 heterocycles. The fourth-order valence-electron chi connectivity index (χ4n) is 2.27. The van der Waals surface area contributed by atoms with Crippen LogP contribution in [0.3, 0.4) is 0 Å². The molecule has 0 fully saturated rings. The van der Waals surface area contributed by atoms with E-state index in [1.54, 1.807) is 56.4 Å². The van der Waals surface area contributed by atoms with Crippen molar-refractivity contribution in [3.8, 4) is 0 Å². The zero-order chi connectivity index (χ0) is 18.4. The monoisotopic (exact) mass is 360 g/mol. The van der Waals surface area contributed by atoms with Crippen molar-refractivity contribution in [2.75, 3.05) is 5.32 Å². The highest BCUT2D eigenvalue weighted by Gasteiger charge is 2.18. The van der Waals surface area contributed by atoms with E-state index in [2.05, 4.69) is 10.6 Å². The van der Waals surface area contributed by atoms with Gasteiger partial charge in [-0.25, -0.2) is 4.79 Å². The Morgan fingerprint density at radius 1 is 1.20 bits per heavy atom. The lowest BCUT2D eigenvalue weighted by Gasteiger charge is -2.20. The number of ether oxygens (including phenoxy) is 1. The average molecular weight is 360 g/mol. The molecular weight excluding hydrogens is 336 g/mol. The maximum absolute atomic E-state index is 12.5. The van der Waals surface area contributed by atoms with E-state index in [0.29, 0.717) is 11.3 Å². The lowest BCUT2D eigenvalue weighted by molar-refractivity contribution is 0.0635. The van der Waals surface area contributed by atoms with E-state index in [1.165, 1.54) is 0 Å². The molecule has 0 aliphatic heterocycles. The predicted octanol–water partition coefficient (Wildman–Crippen LogP) is 4.98. The van der Waals surface area contributed by atoms with Crippen LogP contribution in [0.4, 0.5) is 10.5 Å². The number of benzene rings is 1. The van der Waals surface area contributed by atoms with Crippen LogP contribution in [0.5, 0.6) is 0 Å². The molecule has 6 heteroatoms. The second kappa shape index (κ2) is 8.16. The highest BCUT2D eigenvalue weighted by molar-refractivity contribution is 7.10. The minimum absolute atomic E-state index is 0.0185. The number of carbonyl (C=O) groups excluding carboxylic acids is 2. The van der Waals surface area contributed by atoms with Crippen LogP contribution < -0.4 is 10.6 Å². The van der Waals surface area contributed by atoms with Gasteiger partial charge in [-0.3, -0.25) is 10.1 Å². The second-order valence-corrected chi connectivity index (χ2v) is 7.64. The average Bonchev–Trinajstić information content (AvgIpc) is 3.04. The zero-order valence-corrected chi connectivity index (χ0v) is 15.8. The summed E-state index contributed by atoms with van der Waals surface area (Å²) in [6, 6.07) is 10.8. The van der Waals surface area contributed by atoms with Gasteiger partial charge in [-0.1, -0.05) is 19.1 Å². The maximum Gasteiger partial charge on any atom is 0.412 e.